The van der Waals surface area contributed by atoms with E-state index in [9.17, 15) is 4.79 Å². The van der Waals surface area contributed by atoms with Crippen molar-refractivity contribution >= 4 is 16.9 Å². The summed E-state index contributed by atoms with van der Waals surface area (Å²) < 4.78 is 7.65. The van der Waals surface area contributed by atoms with Gasteiger partial charge in [0.2, 0.25) is 5.91 Å². The third-order valence-corrected chi connectivity index (χ3v) is 7.04. The summed E-state index contributed by atoms with van der Waals surface area (Å²) in [5.74, 6) is 2.36. The Balaban J connectivity index is 1.51. The number of likely N-dealkylation sites (tertiary alicyclic amines) is 1. The largest absolute Gasteiger partial charge is 0.497 e. The van der Waals surface area contributed by atoms with Crippen molar-refractivity contribution < 1.29 is 9.53 Å². The highest BCUT2D eigenvalue weighted by atomic mass is 16.5. The molecule has 1 aliphatic heterocycles. The quantitative estimate of drug-likeness (QED) is 0.375. The highest BCUT2D eigenvalue weighted by Crippen LogP contribution is 2.24. The molecular formula is C29H40N4O2. The number of unbranched alkanes of at least 4 members (excludes halogenated alkanes) is 1. The van der Waals surface area contributed by atoms with Gasteiger partial charge in [0.1, 0.15) is 11.6 Å². The molecule has 6 nitrogen and oxygen atoms in total. The summed E-state index contributed by atoms with van der Waals surface area (Å²) in [6.07, 6.45) is 5.26. The van der Waals surface area contributed by atoms with Crippen molar-refractivity contribution in [2.75, 3.05) is 33.3 Å². The van der Waals surface area contributed by atoms with Crippen molar-refractivity contribution in [1.82, 2.24) is 19.4 Å². The van der Waals surface area contributed by atoms with Crippen LogP contribution in [0.3, 0.4) is 0 Å². The Bertz CT molecular complexity index is 1090. The van der Waals surface area contributed by atoms with Crippen LogP contribution in [-0.2, 0) is 17.9 Å². The average molecular weight is 477 g/mol. The first-order valence-electron chi connectivity index (χ1n) is 13.2. The normalized spacial score (nSPS) is 16.5. The summed E-state index contributed by atoms with van der Waals surface area (Å²) in [5, 5.41) is 0. The molecule has 6 heteroatoms. The fraction of sp³-hybridized carbons (Fsp3) is 0.517. The zero-order chi connectivity index (χ0) is 24.6. The third-order valence-electron chi connectivity index (χ3n) is 7.04. The van der Waals surface area contributed by atoms with Gasteiger partial charge in [0.05, 0.1) is 30.6 Å². The number of benzene rings is 2. The number of nitrogens with zero attached hydrogens (tertiary/aromatic N) is 4. The van der Waals surface area contributed by atoms with E-state index < -0.39 is 0 Å². The van der Waals surface area contributed by atoms with Crippen LogP contribution in [0.1, 0.15) is 57.3 Å². The third kappa shape index (κ3) is 6.23. The number of amides is 1. The van der Waals surface area contributed by atoms with Crippen molar-refractivity contribution in [1.29, 1.82) is 0 Å². The Morgan fingerprint density at radius 1 is 1.06 bits per heavy atom. The maximum Gasteiger partial charge on any atom is 0.226 e. The molecule has 3 aromatic rings. The number of rotatable bonds is 11. The van der Waals surface area contributed by atoms with E-state index in [1.165, 1.54) is 5.56 Å². The predicted octanol–water partition coefficient (Wildman–Crippen LogP) is 5.34. The molecule has 0 unspecified atom stereocenters. The maximum atomic E-state index is 13.4. The molecule has 2 aromatic carbocycles. The summed E-state index contributed by atoms with van der Waals surface area (Å²) in [5.41, 5.74) is 3.39. The Hall–Kier alpha value is -2.86. The van der Waals surface area contributed by atoms with Crippen LogP contribution in [0.2, 0.25) is 0 Å². The van der Waals surface area contributed by atoms with E-state index in [4.69, 9.17) is 9.72 Å². The van der Waals surface area contributed by atoms with Gasteiger partial charge in [-0.1, -0.05) is 44.5 Å². The van der Waals surface area contributed by atoms with Gasteiger partial charge in [0.25, 0.3) is 0 Å². The number of hydrogen-bond acceptors (Lipinski definition) is 4. The second kappa shape index (κ2) is 12.2. The first-order chi connectivity index (χ1) is 17.1. The first-order valence-corrected chi connectivity index (χ1v) is 13.2. The minimum atomic E-state index is 0.0894. The molecule has 0 saturated carbocycles. The van der Waals surface area contributed by atoms with Crippen molar-refractivity contribution in [2.24, 2.45) is 5.92 Å². The molecule has 1 fully saturated rings. The predicted molar refractivity (Wildman–Crippen MR) is 142 cm³/mol. The van der Waals surface area contributed by atoms with Gasteiger partial charge in [0.15, 0.2) is 0 Å². The number of carbonyl (C=O) groups is 1. The molecule has 0 bridgehead atoms. The highest BCUT2D eigenvalue weighted by molar-refractivity contribution is 5.79. The molecule has 1 saturated heterocycles. The van der Waals surface area contributed by atoms with Gasteiger partial charge in [0, 0.05) is 26.2 Å². The Morgan fingerprint density at radius 2 is 1.86 bits per heavy atom. The van der Waals surface area contributed by atoms with E-state index >= 15 is 0 Å². The molecule has 4 rings (SSSR count). The monoisotopic (exact) mass is 476 g/mol. The van der Waals surface area contributed by atoms with Gasteiger partial charge in [-0.15, -0.1) is 0 Å². The lowest BCUT2D eigenvalue weighted by molar-refractivity contribution is -0.137. The minimum Gasteiger partial charge on any atom is -0.497 e. The molecule has 0 radical (unpaired) electrons. The molecule has 2 heterocycles. The highest BCUT2D eigenvalue weighted by Gasteiger charge is 2.29. The van der Waals surface area contributed by atoms with E-state index in [0.29, 0.717) is 5.91 Å². The van der Waals surface area contributed by atoms with Crippen LogP contribution < -0.4 is 4.74 Å². The van der Waals surface area contributed by atoms with Crippen molar-refractivity contribution in [3.8, 4) is 5.75 Å². The van der Waals surface area contributed by atoms with E-state index in [2.05, 4.69) is 58.5 Å². The molecule has 1 atom stereocenters. The average Bonchev–Trinajstić information content (AvgIpc) is 3.23. The fourth-order valence-corrected chi connectivity index (χ4v) is 5.15. The number of hydrogen-bond donors (Lipinski definition) is 0. The molecule has 1 aromatic heterocycles. The van der Waals surface area contributed by atoms with Gasteiger partial charge in [-0.25, -0.2) is 4.98 Å². The van der Waals surface area contributed by atoms with Crippen LogP contribution in [0.25, 0.3) is 11.0 Å². The number of para-hydroxylation sites is 2. The lowest BCUT2D eigenvalue weighted by Gasteiger charge is -2.35. The second-order valence-corrected chi connectivity index (χ2v) is 9.70. The van der Waals surface area contributed by atoms with Crippen LogP contribution in [0.4, 0.5) is 0 Å². The fourth-order valence-electron chi connectivity index (χ4n) is 5.15. The minimum absolute atomic E-state index is 0.0894. The lowest BCUT2D eigenvalue weighted by atomic mass is 9.96. The lowest BCUT2D eigenvalue weighted by Crippen LogP contribution is -2.45. The molecule has 0 N–H and O–H groups in total. The van der Waals surface area contributed by atoms with Gasteiger partial charge in [-0.05, 0) is 62.1 Å². The van der Waals surface area contributed by atoms with Crippen molar-refractivity contribution in [3.05, 3.63) is 59.9 Å². The number of carbonyl (C=O) groups excluding carboxylic acids is 1. The zero-order valence-electron chi connectivity index (χ0n) is 21.6. The maximum absolute atomic E-state index is 13.4. The summed E-state index contributed by atoms with van der Waals surface area (Å²) >= 11 is 0. The molecule has 188 valence electrons. The summed E-state index contributed by atoms with van der Waals surface area (Å²) in [7, 11) is 1.69. The second-order valence-electron chi connectivity index (χ2n) is 9.70. The molecule has 1 aliphatic rings. The van der Waals surface area contributed by atoms with Crippen LogP contribution in [-0.4, -0.2) is 58.5 Å². The van der Waals surface area contributed by atoms with Crippen LogP contribution in [0.5, 0.6) is 5.75 Å². The number of aromatic nitrogens is 2. The Morgan fingerprint density at radius 3 is 2.60 bits per heavy atom. The number of fused-ring (bicyclic) bond motifs is 1. The van der Waals surface area contributed by atoms with Gasteiger partial charge in [-0.2, -0.15) is 0 Å². The number of ether oxygens (including phenoxy) is 1. The van der Waals surface area contributed by atoms with E-state index in [1.807, 2.05) is 18.2 Å². The number of methoxy groups -OCH3 is 1. The Labute approximate surface area is 209 Å². The first kappa shape index (κ1) is 25.2. The number of piperidine rings is 1. The van der Waals surface area contributed by atoms with Crippen LogP contribution in [0, 0.1) is 5.92 Å². The number of imidazole rings is 1. The van der Waals surface area contributed by atoms with Crippen LogP contribution >= 0.6 is 0 Å². The van der Waals surface area contributed by atoms with Gasteiger partial charge >= 0.3 is 0 Å². The summed E-state index contributed by atoms with van der Waals surface area (Å²) in [6.45, 7) is 9.45. The van der Waals surface area contributed by atoms with Gasteiger partial charge in [-0.3, -0.25) is 9.69 Å². The van der Waals surface area contributed by atoms with Crippen molar-refractivity contribution in [3.63, 3.8) is 0 Å². The molecular weight excluding hydrogens is 436 g/mol. The summed E-state index contributed by atoms with van der Waals surface area (Å²) in [4.78, 5) is 22.9. The van der Waals surface area contributed by atoms with E-state index in [-0.39, 0.29) is 5.92 Å². The smallest absolute Gasteiger partial charge is 0.226 e. The van der Waals surface area contributed by atoms with Crippen molar-refractivity contribution in [2.45, 2.75) is 59.0 Å². The molecule has 1 amide bonds. The molecule has 0 aliphatic carbocycles. The SMILES string of the molecule is CCCCN(CCC)C(=O)[C@H]1CCCN(Cc2nc3ccccc3n2Cc2ccc(OC)cc2)C1. The Kier molecular flexibility index (Phi) is 8.80. The summed E-state index contributed by atoms with van der Waals surface area (Å²) in [6, 6.07) is 16.6. The van der Waals surface area contributed by atoms with Gasteiger partial charge < -0.3 is 14.2 Å². The van der Waals surface area contributed by atoms with E-state index in [0.717, 1.165) is 94.0 Å². The van der Waals surface area contributed by atoms with E-state index in [1.54, 1.807) is 7.11 Å². The molecule has 0 spiro atoms. The standard InChI is InChI=1S/C29H40N4O2/c1-4-6-19-32(17-5-2)29(34)24-10-9-18-31(21-24)22-28-30-26-11-7-8-12-27(26)33(28)20-23-13-15-25(35-3)16-14-23/h7-8,11-16,24H,4-6,9-10,17-22H2,1-3H3/t24-/m0/s1. The van der Waals surface area contributed by atoms with Crippen LogP contribution in [0.15, 0.2) is 48.5 Å². The zero-order valence-corrected chi connectivity index (χ0v) is 21.6. The topological polar surface area (TPSA) is 50.6 Å². The molecule has 35 heavy (non-hydrogen) atoms.